The van der Waals surface area contributed by atoms with Gasteiger partial charge in [0.2, 0.25) is 5.91 Å². The first-order valence-corrected chi connectivity index (χ1v) is 6.73. The molecule has 0 heterocycles. The third kappa shape index (κ3) is 4.28. The normalized spacial score (nSPS) is 10.1. The van der Waals surface area contributed by atoms with Crippen LogP contribution in [0.4, 0.5) is 5.69 Å². The summed E-state index contributed by atoms with van der Waals surface area (Å²) in [7, 11) is 1.60. The fourth-order valence-electron chi connectivity index (χ4n) is 1.83. The number of ether oxygens (including phenoxy) is 1. The molecule has 0 spiro atoms. The summed E-state index contributed by atoms with van der Waals surface area (Å²) in [5.41, 5.74) is 1.83. The fourth-order valence-corrected chi connectivity index (χ4v) is 1.96. The maximum Gasteiger partial charge on any atom is 0.224 e. The van der Waals surface area contributed by atoms with Gasteiger partial charge in [-0.1, -0.05) is 29.8 Å². The zero-order valence-corrected chi connectivity index (χ0v) is 12.0. The first kappa shape index (κ1) is 14.4. The van der Waals surface area contributed by atoms with Crippen LogP contribution in [0, 0.1) is 0 Å². The van der Waals surface area contributed by atoms with Crippen molar-refractivity contribution in [3.05, 3.63) is 59.1 Å². The van der Waals surface area contributed by atoms with Crippen LogP contribution in [0.2, 0.25) is 5.02 Å². The monoisotopic (exact) mass is 289 g/mol. The van der Waals surface area contributed by atoms with Gasteiger partial charge in [0.15, 0.2) is 0 Å². The van der Waals surface area contributed by atoms with E-state index in [1.165, 1.54) is 0 Å². The van der Waals surface area contributed by atoms with Gasteiger partial charge in [-0.2, -0.15) is 0 Å². The van der Waals surface area contributed by atoms with Gasteiger partial charge in [-0.15, -0.1) is 0 Å². The Kier molecular flexibility index (Phi) is 5.02. The van der Waals surface area contributed by atoms with Crippen molar-refractivity contribution < 1.29 is 9.53 Å². The summed E-state index contributed by atoms with van der Waals surface area (Å²) in [4.78, 5) is 11.9. The Balaban J connectivity index is 1.87. The van der Waals surface area contributed by atoms with Crippen LogP contribution in [0.25, 0.3) is 0 Å². The lowest BCUT2D eigenvalue weighted by molar-refractivity contribution is -0.116. The molecule has 0 saturated heterocycles. The van der Waals surface area contributed by atoms with Crippen LogP contribution < -0.4 is 10.1 Å². The van der Waals surface area contributed by atoms with E-state index in [0.717, 1.165) is 17.0 Å². The van der Waals surface area contributed by atoms with E-state index in [1.807, 2.05) is 42.5 Å². The standard InChI is InChI=1S/C16H16ClNO2/c1-20-15-4-2-3-14(11-15)18-16(19)10-7-12-5-8-13(17)9-6-12/h2-6,8-9,11H,7,10H2,1H3,(H,18,19). The Morgan fingerprint density at radius 1 is 1.20 bits per heavy atom. The van der Waals surface area contributed by atoms with Crippen molar-refractivity contribution in [3.63, 3.8) is 0 Å². The second-order valence-corrected chi connectivity index (χ2v) is 4.84. The number of carbonyl (C=O) groups excluding carboxylic acids is 1. The van der Waals surface area contributed by atoms with Crippen molar-refractivity contribution >= 4 is 23.2 Å². The summed E-state index contributed by atoms with van der Waals surface area (Å²) in [6.07, 6.45) is 1.12. The molecule has 2 rings (SSSR count). The van der Waals surface area contributed by atoms with Crippen molar-refractivity contribution in [1.82, 2.24) is 0 Å². The smallest absolute Gasteiger partial charge is 0.224 e. The van der Waals surface area contributed by atoms with E-state index in [4.69, 9.17) is 16.3 Å². The number of nitrogens with one attached hydrogen (secondary N) is 1. The van der Waals surface area contributed by atoms with Crippen molar-refractivity contribution in [3.8, 4) is 5.75 Å². The maximum atomic E-state index is 11.9. The predicted molar refractivity (Wildman–Crippen MR) is 81.4 cm³/mol. The SMILES string of the molecule is COc1cccc(NC(=O)CCc2ccc(Cl)cc2)c1. The first-order chi connectivity index (χ1) is 9.67. The number of halogens is 1. The molecule has 0 aromatic heterocycles. The van der Waals surface area contributed by atoms with Gasteiger partial charge in [0.05, 0.1) is 7.11 Å². The molecule has 0 atom stereocenters. The summed E-state index contributed by atoms with van der Waals surface area (Å²) < 4.78 is 5.11. The second-order valence-electron chi connectivity index (χ2n) is 4.41. The fraction of sp³-hybridized carbons (Fsp3) is 0.188. The molecular weight excluding hydrogens is 274 g/mol. The highest BCUT2D eigenvalue weighted by Gasteiger charge is 2.04. The van der Waals surface area contributed by atoms with E-state index >= 15 is 0 Å². The van der Waals surface area contributed by atoms with Gasteiger partial charge < -0.3 is 10.1 Å². The number of benzene rings is 2. The van der Waals surface area contributed by atoms with E-state index in [9.17, 15) is 4.79 Å². The topological polar surface area (TPSA) is 38.3 Å². The Bertz CT molecular complexity index is 581. The lowest BCUT2D eigenvalue weighted by Crippen LogP contribution is -2.12. The molecule has 4 heteroatoms. The number of hydrogen-bond acceptors (Lipinski definition) is 2. The third-order valence-electron chi connectivity index (χ3n) is 2.91. The average Bonchev–Trinajstić information content (AvgIpc) is 2.47. The van der Waals surface area contributed by atoms with Crippen LogP contribution in [0.15, 0.2) is 48.5 Å². The first-order valence-electron chi connectivity index (χ1n) is 6.36. The van der Waals surface area contributed by atoms with Gasteiger partial charge in [-0.05, 0) is 36.2 Å². The number of anilines is 1. The summed E-state index contributed by atoms with van der Waals surface area (Å²) >= 11 is 5.82. The number of aryl methyl sites for hydroxylation is 1. The zero-order valence-electron chi connectivity index (χ0n) is 11.2. The molecule has 1 N–H and O–H groups in total. The number of methoxy groups -OCH3 is 1. The highest BCUT2D eigenvalue weighted by molar-refractivity contribution is 6.30. The van der Waals surface area contributed by atoms with Crippen LogP contribution in [0.1, 0.15) is 12.0 Å². The molecule has 0 aliphatic rings. The summed E-state index contributed by atoms with van der Waals surface area (Å²) in [5, 5.41) is 3.56. The van der Waals surface area contributed by atoms with Crippen molar-refractivity contribution in [2.24, 2.45) is 0 Å². The molecule has 0 aliphatic carbocycles. The second kappa shape index (κ2) is 6.96. The number of hydrogen-bond donors (Lipinski definition) is 1. The quantitative estimate of drug-likeness (QED) is 0.906. The molecule has 0 fully saturated rings. The van der Waals surface area contributed by atoms with E-state index in [0.29, 0.717) is 17.9 Å². The third-order valence-corrected chi connectivity index (χ3v) is 3.16. The Morgan fingerprint density at radius 3 is 2.65 bits per heavy atom. The molecule has 104 valence electrons. The van der Waals surface area contributed by atoms with E-state index in [1.54, 1.807) is 13.2 Å². The molecule has 0 unspecified atom stereocenters. The molecule has 3 nitrogen and oxygen atoms in total. The van der Waals surface area contributed by atoms with Crippen molar-refractivity contribution in [2.45, 2.75) is 12.8 Å². The molecule has 0 bridgehead atoms. The minimum atomic E-state index is -0.0202. The molecule has 2 aromatic carbocycles. The van der Waals surface area contributed by atoms with Crippen LogP contribution in [0.3, 0.4) is 0 Å². The van der Waals surface area contributed by atoms with Gasteiger partial charge in [-0.25, -0.2) is 0 Å². The summed E-state index contributed by atoms with van der Waals surface area (Å²) in [6, 6.07) is 14.8. The molecular formula is C16H16ClNO2. The molecule has 0 aliphatic heterocycles. The Labute approximate surface area is 123 Å². The molecule has 2 aromatic rings. The Morgan fingerprint density at radius 2 is 1.95 bits per heavy atom. The van der Waals surface area contributed by atoms with Gasteiger partial charge in [0.1, 0.15) is 5.75 Å². The molecule has 1 amide bonds. The van der Waals surface area contributed by atoms with Gasteiger partial charge in [0, 0.05) is 23.2 Å². The lowest BCUT2D eigenvalue weighted by atomic mass is 10.1. The molecule has 0 radical (unpaired) electrons. The highest BCUT2D eigenvalue weighted by atomic mass is 35.5. The number of amides is 1. The highest BCUT2D eigenvalue weighted by Crippen LogP contribution is 2.17. The van der Waals surface area contributed by atoms with E-state index in [-0.39, 0.29) is 5.91 Å². The number of rotatable bonds is 5. The molecule has 20 heavy (non-hydrogen) atoms. The summed E-state index contributed by atoms with van der Waals surface area (Å²) in [5.74, 6) is 0.703. The van der Waals surface area contributed by atoms with E-state index < -0.39 is 0 Å². The predicted octanol–water partition coefficient (Wildman–Crippen LogP) is 3.92. The van der Waals surface area contributed by atoms with Crippen LogP contribution in [-0.4, -0.2) is 13.0 Å². The van der Waals surface area contributed by atoms with Crippen LogP contribution in [0.5, 0.6) is 5.75 Å². The van der Waals surface area contributed by atoms with Gasteiger partial charge >= 0.3 is 0 Å². The summed E-state index contributed by atoms with van der Waals surface area (Å²) in [6.45, 7) is 0. The lowest BCUT2D eigenvalue weighted by Gasteiger charge is -2.07. The zero-order chi connectivity index (χ0) is 14.4. The van der Waals surface area contributed by atoms with Gasteiger partial charge in [0.25, 0.3) is 0 Å². The van der Waals surface area contributed by atoms with Gasteiger partial charge in [-0.3, -0.25) is 4.79 Å². The minimum Gasteiger partial charge on any atom is -0.497 e. The van der Waals surface area contributed by atoms with E-state index in [2.05, 4.69) is 5.32 Å². The van der Waals surface area contributed by atoms with Crippen LogP contribution >= 0.6 is 11.6 Å². The van der Waals surface area contributed by atoms with Crippen LogP contribution in [-0.2, 0) is 11.2 Å². The number of carbonyl (C=O) groups is 1. The molecule has 0 saturated carbocycles. The van der Waals surface area contributed by atoms with Crippen molar-refractivity contribution in [1.29, 1.82) is 0 Å². The minimum absolute atomic E-state index is 0.0202. The maximum absolute atomic E-state index is 11.9. The Hall–Kier alpha value is -2.00. The van der Waals surface area contributed by atoms with Crippen molar-refractivity contribution in [2.75, 3.05) is 12.4 Å². The largest absolute Gasteiger partial charge is 0.497 e. The average molecular weight is 290 g/mol.